The SMILES string of the molecule is Clc1cccc([C@H]2Nc3ccccc3S2)c1. The zero-order chi connectivity index (χ0) is 11.0. The molecule has 1 aliphatic rings. The van der Waals surface area contributed by atoms with Crippen molar-refractivity contribution in [1.82, 2.24) is 0 Å². The van der Waals surface area contributed by atoms with Gasteiger partial charge < -0.3 is 5.32 Å². The predicted octanol–water partition coefficient (Wildman–Crippen LogP) is 4.56. The van der Waals surface area contributed by atoms with Crippen molar-refractivity contribution in [3.63, 3.8) is 0 Å². The predicted molar refractivity (Wildman–Crippen MR) is 70.1 cm³/mol. The van der Waals surface area contributed by atoms with E-state index in [1.165, 1.54) is 16.1 Å². The molecule has 3 heteroatoms. The van der Waals surface area contributed by atoms with Gasteiger partial charge in [0.25, 0.3) is 0 Å². The molecule has 0 saturated carbocycles. The molecular weight excluding hydrogens is 238 g/mol. The Labute approximate surface area is 104 Å². The van der Waals surface area contributed by atoms with E-state index in [2.05, 4.69) is 29.6 Å². The summed E-state index contributed by atoms with van der Waals surface area (Å²) in [5.41, 5.74) is 2.42. The molecule has 1 N–H and O–H groups in total. The monoisotopic (exact) mass is 247 g/mol. The van der Waals surface area contributed by atoms with Gasteiger partial charge in [0.05, 0.1) is 0 Å². The number of para-hydroxylation sites is 1. The van der Waals surface area contributed by atoms with E-state index in [0.717, 1.165) is 5.02 Å². The van der Waals surface area contributed by atoms with Crippen molar-refractivity contribution in [2.45, 2.75) is 10.3 Å². The molecule has 1 atom stereocenters. The van der Waals surface area contributed by atoms with Gasteiger partial charge in [-0.05, 0) is 29.8 Å². The Morgan fingerprint density at radius 1 is 1.06 bits per heavy atom. The topological polar surface area (TPSA) is 12.0 Å². The van der Waals surface area contributed by atoms with Crippen LogP contribution >= 0.6 is 23.4 Å². The molecule has 0 unspecified atom stereocenters. The maximum Gasteiger partial charge on any atom is 0.103 e. The molecule has 0 bridgehead atoms. The smallest absolute Gasteiger partial charge is 0.103 e. The Morgan fingerprint density at radius 3 is 2.75 bits per heavy atom. The second kappa shape index (κ2) is 4.04. The fraction of sp³-hybridized carbons (Fsp3) is 0.0769. The minimum absolute atomic E-state index is 0.274. The van der Waals surface area contributed by atoms with E-state index in [4.69, 9.17) is 11.6 Å². The largest absolute Gasteiger partial charge is 0.368 e. The van der Waals surface area contributed by atoms with Crippen LogP contribution in [0.5, 0.6) is 0 Å². The van der Waals surface area contributed by atoms with Crippen LogP contribution in [0, 0.1) is 0 Å². The van der Waals surface area contributed by atoms with Gasteiger partial charge >= 0.3 is 0 Å². The third-order valence-electron chi connectivity index (χ3n) is 2.57. The molecule has 0 fully saturated rings. The van der Waals surface area contributed by atoms with Crippen molar-refractivity contribution in [3.8, 4) is 0 Å². The Morgan fingerprint density at radius 2 is 1.94 bits per heavy atom. The summed E-state index contributed by atoms with van der Waals surface area (Å²) >= 11 is 7.83. The number of halogens is 1. The van der Waals surface area contributed by atoms with E-state index in [0.29, 0.717) is 0 Å². The second-order valence-corrected chi connectivity index (χ2v) is 5.28. The van der Waals surface area contributed by atoms with Crippen molar-refractivity contribution >= 4 is 29.1 Å². The summed E-state index contributed by atoms with van der Waals surface area (Å²) in [7, 11) is 0. The standard InChI is InChI=1S/C13H10ClNS/c14-10-5-3-4-9(8-10)13-15-11-6-1-2-7-12(11)16-13/h1-8,13,15H/t13-/m0/s1. The first-order valence-corrected chi connectivity index (χ1v) is 6.36. The molecule has 3 rings (SSSR count). The van der Waals surface area contributed by atoms with Crippen LogP contribution < -0.4 is 5.32 Å². The molecule has 16 heavy (non-hydrogen) atoms. The molecule has 1 nitrogen and oxygen atoms in total. The second-order valence-electron chi connectivity index (χ2n) is 3.69. The molecule has 80 valence electrons. The highest BCUT2D eigenvalue weighted by atomic mass is 35.5. The maximum atomic E-state index is 6.00. The van der Waals surface area contributed by atoms with Gasteiger partial charge in [0.2, 0.25) is 0 Å². The lowest BCUT2D eigenvalue weighted by atomic mass is 10.2. The summed E-state index contributed by atoms with van der Waals surface area (Å²) < 4.78 is 0. The van der Waals surface area contributed by atoms with E-state index in [1.807, 2.05) is 36.0 Å². The van der Waals surface area contributed by atoms with Gasteiger partial charge in [0.15, 0.2) is 0 Å². The molecule has 2 aromatic carbocycles. The first-order valence-electron chi connectivity index (χ1n) is 5.10. The van der Waals surface area contributed by atoms with Gasteiger partial charge in [-0.25, -0.2) is 0 Å². The summed E-state index contributed by atoms with van der Waals surface area (Å²) in [4.78, 5) is 1.30. The van der Waals surface area contributed by atoms with Crippen molar-refractivity contribution in [1.29, 1.82) is 0 Å². The van der Waals surface area contributed by atoms with Crippen LogP contribution in [-0.4, -0.2) is 0 Å². The Balaban J connectivity index is 1.91. The van der Waals surface area contributed by atoms with Crippen LogP contribution in [0.4, 0.5) is 5.69 Å². The summed E-state index contributed by atoms with van der Waals surface area (Å²) in [5, 5.41) is 4.54. The minimum Gasteiger partial charge on any atom is -0.368 e. The van der Waals surface area contributed by atoms with Crippen LogP contribution in [0.3, 0.4) is 0 Å². The van der Waals surface area contributed by atoms with Crippen molar-refractivity contribution in [2.24, 2.45) is 0 Å². The highest BCUT2D eigenvalue weighted by Crippen LogP contribution is 2.46. The number of benzene rings is 2. The van der Waals surface area contributed by atoms with Crippen LogP contribution in [-0.2, 0) is 0 Å². The number of nitrogens with one attached hydrogen (secondary N) is 1. The summed E-state index contributed by atoms with van der Waals surface area (Å²) in [5.74, 6) is 0. The van der Waals surface area contributed by atoms with Gasteiger partial charge in [-0.1, -0.05) is 47.6 Å². The summed E-state index contributed by atoms with van der Waals surface area (Å²) in [6, 6.07) is 16.4. The van der Waals surface area contributed by atoms with Gasteiger partial charge in [-0.2, -0.15) is 0 Å². The molecule has 1 heterocycles. The van der Waals surface area contributed by atoms with Crippen LogP contribution in [0.25, 0.3) is 0 Å². The van der Waals surface area contributed by atoms with Crippen molar-refractivity contribution in [3.05, 3.63) is 59.1 Å². The molecule has 0 aromatic heterocycles. The summed E-state index contributed by atoms with van der Waals surface area (Å²) in [6.45, 7) is 0. The molecule has 0 aliphatic carbocycles. The molecule has 0 spiro atoms. The zero-order valence-electron chi connectivity index (χ0n) is 8.48. The number of hydrogen-bond donors (Lipinski definition) is 1. The molecule has 0 amide bonds. The molecule has 0 saturated heterocycles. The fourth-order valence-corrected chi connectivity index (χ4v) is 3.14. The van der Waals surface area contributed by atoms with Crippen LogP contribution in [0.15, 0.2) is 53.4 Å². The Hall–Kier alpha value is -1.12. The van der Waals surface area contributed by atoms with E-state index in [-0.39, 0.29) is 5.37 Å². The van der Waals surface area contributed by atoms with E-state index in [9.17, 15) is 0 Å². The number of fused-ring (bicyclic) bond motifs is 1. The maximum absolute atomic E-state index is 6.00. The number of thioether (sulfide) groups is 1. The Bertz CT molecular complexity index is 502. The fourth-order valence-electron chi connectivity index (χ4n) is 1.81. The van der Waals surface area contributed by atoms with Gasteiger partial charge in [-0.15, -0.1) is 0 Å². The lowest BCUT2D eigenvalue weighted by Crippen LogP contribution is -2.00. The zero-order valence-corrected chi connectivity index (χ0v) is 10.1. The first kappa shape index (κ1) is 10.1. The van der Waals surface area contributed by atoms with Crippen molar-refractivity contribution in [2.75, 3.05) is 5.32 Å². The number of hydrogen-bond acceptors (Lipinski definition) is 2. The quantitative estimate of drug-likeness (QED) is 0.793. The van der Waals surface area contributed by atoms with Crippen molar-refractivity contribution < 1.29 is 0 Å². The summed E-state index contributed by atoms with van der Waals surface area (Å²) in [6.07, 6.45) is 0. The lowest BCUT2D eigenvalue weighted by Gasteiger charge is -2.10. The molecule has 1 aliphatic heterocycles. The highest BCUT2D eigenvalue weighted by Gasteiger charge is 2.22. The third kappa shape index (κ3) is 1.79. The minimum atomic E-state index is 0.274. The van der Waals surface area contributed by atoms with E-state index in [1.54, 1.807) is 0 Å². The number of rotatable bonds is 1. The average Bonchev–Trinajstić information content (AvgIpc) is 2.72. The highest BCUT2D eigenvalue weighted by molar-refractivity contribution is 8.00. The first-order chi connectivity index (χ1) is 7.83. The molecule has 0 radical (unpaired) electrons. The molecule has 2 aromatic rings. The van der Waals surface area contributed by atoms with Gasteiger partial charge in [-0.3, -0.25) is 0 Å². The van der Waals surface area contributed by atoms with Gasteiger partial charge in [0.1, 0.15) is 5.37 Å². The van der Waals surface area contributed by atoms with Gasteiger partial charge in [0, 0.05) is 15.6 Å². The van der Waals surface area contributed by atoms with E-state index < -0.39 is 0 Å². The third-order valence-corrected chi connectivity index (χ3v) is 4.04. The van der Waals surface area contributed by atoms with Crippen LogP contribution in [0.1, 0.15) is 10.9 Å². The normalized spacial score (nSPS) is 17.9. The lowest BCUT2D eigenvalue weighted by molar-refractivity contribution is 1.13. The van der Waals surface area contributed by atoms with Crippen LogP contribution in [0.2, 0.25) is 5.02 Å². The number of anilines is 1. The van der Waals surface area contributed by atoms with E-state index >= 15 is 0 Å². The average molecular weight is 248 g/mol. The Kier molecular flexibility index (Phi) is 2.54. The molecular formula is C13H10ClNS.